The van der Waals surface area contributed by atoms with Crippen LogP contribution in [0.1, 0.15) is 24.8 Å². The fraction of sp³-hybridized carbons (Fsp3) is 0.290. The van der Waals surface area contributed by atoms with Crippen LogP contribution >= 0.6 is 11.3 Å². The lowest BCUT2D eigenvalue weighted by atomic mass is 9.95. The number of hydrogen-bond acceptors (Lipinski definition) is 7. The average molecular weight is 558 g/mol. The molecule has 8 nitrogen and oxygen atoms in total. The monoisotopic (exact) mass is 557 g/mol. The van der Waals surface area contributed by atoms with Crippen LogP contribution in [0.15, 0.2) is 78.3 Å². The second kappa shape index (κ2) is 12.8. The highest BCUT2D eigenvalue weighted by Gasteiger charge is 2.27. The van der Waals surface area contributed by atoms with E-state index in [4.69, 9.17) is 14.5 Å². The van der Waals surface area contributed by atoms with Gasteiger partial charge in [-0.15, -0.1) is 11.3 Å². The van der Waals surface area contributed by atoms with Crippen LogP contribution in [0.4, 0.5) is 5.13 Å². The number of hydrogen-bond donors (Lipinski definition) is 1. The van der Waals surface area contributed by atoms with E-state index in [-0.39, 0.29) is 18.4 Å². The Kier molecular flexibility index (Phi) is 8.83. The molecule has 9 heteroatoms. The molecule has 0 radical (unpaired) electrons. The number of aromatic nitrogens is 2. The van der Waals surface area contributed by atoms with E-state index in [0.29, 0.717) is 30.6 Å². The Labute approximate surface area is 237 Å². The molecule has 1 atom stereocenters. The van der Waals surface area contributed by atoms with Crippen molar-refractivity contribution < 1.29 is 24.2 Å². The van der Waals surface area contributed by atoms with Gasteiger partial charge < -0.3 is 14.6 Å². The van der Waals surface area contributed by atoms with Crippen LogP contribution < -0.4 is 9.64 Å². The van der Waals surface area contributed by atoms with Gasteiger partial charge in [-0.2, -0.15) is 0 Å². The van der Waals surface area contributed by atoms with Crippen molar-refractivity contribution in [2.45, 2.75) is 31.8 Å². The molecule has 5 rings (SSSR count). The number of thiazole rings is 1. The Morgan fingerprint density at radius 3 is 2.48 bits per heavy atom. The van der Waals surface area contributed by atoms with Crippen molar-refractivity contribution in [1.29, 1.82) is 0 Å². The molecule has 3 heterocycles. The Balaban J connectivity index is 1.33. The van der Waals surface area contributed by atoms with E-state index in [1.807, 2.05) is 72.1 Å². The van der Waals surface area contributed by atoms with E-state index >= 15 is 0 Å². The molecule has 1 amide bonds. The molecule has 1 saturated heterocycles. The van der Waals surface area contributed by atoms with E-state index in [0.717, 1.165) is 40.8 Å². The van der Waals surface area contributed by atoms with E-state index in [9.17, 15) is 14.7 Å². The number of ether oxygens (including phenoxy) is 2. The maximum Gasteiger partial charge on any atom is 0.304 e. The lowest BCUT2D eigenvalue weighted by Crippen LogP contribution is -2.35. The minimum absolute atomic E-state index is 0.121. The molecule has 206 valence electrons. The Morgan fingerprint density at radius 2 is 1.77 bits per heavy atom. The number of pyridine rings is 1. The third kappa shape index (κ3) is 6.73. The van der Waals surface area contributed by atoms with Gasteiger partial charge in [0.05, 0.1) is 31.2 Å². The molecule has 4 aromatic rings. The van der Waals surface area contributed by atoms with Gasteiger partial charge in [0.1, 0.15) is 6.10 Å². The molecule has 1 fully saturated rings. The number of carboxylic acid groups (broad SMARTS) is 1. The number of aliphatic carboxylic acids is 1. The minimum Gasteiger partial charge on any atom is -0.481 e. The van der Waals surface area contributed by atoms with Gasteiger partial charge in [0, 0.05) is 48.7 Å². The molecule has 1 aliphatic rings. The van der Waals surface area contributed by atoms with E-state index in [2.05, 4.69) is 4.98 Å². The summed E-state index contributed by atoms with van der Waals surface area (Å²) < 4.78 is 11.4. The van der Waals surface area contributed by atoms with Crippen LogP contribution in [0, 0.1) is 5.92 Å². The van der Waals surface area contributed by atoms with E-state index in [1.165, 1.54) is 16.2 Å². The standard InChI is InChI=1S/C31H31N3O5S/c1-34(30(37)23(18-29(35)36)17-21-7-3-2-4-8-21)31-33-27(20-40-31)26-10-6-5-9-25(26)22-11-12-28(32-19-22)39-24-13-15-38-16-14-24/h2-12,19-20,23-24H,13-18H2,1H3,(H,35,36)/t23-/m1/s1. The van der Waals surface area contributed by atoms with Gasteiger partial charge in [-0.05, 0) is 23.6 Å². The first kappa shape index (κ1) is 27.5. The highest BCUT2D eigenvalue weighted by Crippen LogP contribution is 2.35. The van der Waals surface area contributed by atoms with Crippen LogP contribution in [-0.2, 0) is 20.7 Å². The number of rotatable bonds is 10. The average Bonchev–Trinajstić information content (AvgIpc) is 3.48. The maximum atomic E-state index is 13.4. The molecule has 2 aromatic heterocycles. The summed E-state index contributed by atoms with van der Waals surface area (Å²) in [4.78, 5) is 35.7. The van der Waals surface area contributed by atoms with Gasteiger partial charge in [0.25, 0.3) is 0 Å². The van der Waals surface area contributed by atoms with Gasteiger partial charge in [0.2, 0.25) is 11.8 Å². The number of anilines is 1. The second-order valence-electron chi connectivity index (χ2n) is 9.76. The third-order valence-electron chi connectivity index (χ3n) is 6.91. The summed E-state index contributed by atoms with van der Waals surface area (Å²) in [5, 5.41) is 11.9. The predicted molar refractivity (Wildman–Crippen MR) is 155 cm³/mol. The van der Waals surface area contributed by atoms with Crippen LogP contribution in [0.3, 0.4) is 0 Å². The lowest BCUT2D eigenvalue weighted by Gasteiger charge is -2.22. The number of carbonyl (C=O) groups excluding carboxylic acids is 1. The number of carbonyl (C=O) groups is 2. The quantitative estimate of drug-likeness (QED) is 0.266. The van der Waals surface area contributed by atoms with Gasteiger partial charge in [-0.3, -0.25) is 14.5 Å². The van der Waals surface area contributed by atoms with Gasteiger partial charge in [0.15, 0.2) is 5.13 Å². The summed E-state index contributed by atoms with van der Waals surface area (Å²) in [6, 6.07) is 21.3. The topological polar surface area (TPSA) is 102 Å². The summed E-state index contributed by atoms with van der Waals surface area (Å²) in [6.07, 6.45) is 3.74. The fourth-order valence-electron chi connectivity index (χ4n) is 4.80. The molecule has 1 N–H and O–H groups in total. The minimum atomic E-state index is -1.01. The van der Waals surface area contributed by atoms with Crippen LogP contribution in [0.25, 0.3) is 22.4 Å². The molecular formula is C31H31N3O5S. The van der Waals surface area contributed by atoms with Crippen molar-refractivity contribution in [2.24, 2.45) is 5.92 Å². The molecule has 0 saturated carbocycles. The SMILES string of the molecule is CN(C(=O)[C@@H](CC(=O)O)Cc1ccccc1)c1nc(-c2ccccc2-c2ccc(OC3CCOCC3)nc2)cs1. The number of carboxylic acids is 1. The zero-order valence-electron chi connectivity index (χ0n) is 22.2. The van der Waals surface area contributed by atoms with E-state index in [1.54, 1.807) is 13.2 Å². The van der Waals surface area contributed by atoms with Gasteiger partial charge in [-0.25, -0.2) is 9.97 Å². The largest absolute Gasteiger partial charge is 0.481 e. The maximum absolute atomic E-state index is 13.4. The molecule has 0 bridgehead atoms. The smallest absolute Gasteiger partial charge is 0.304 e. The Bertz CT molecular complexity index is 1430. The van der Waals surface area contributed by atoms with Crippen molar-refractivity contribution in [3.63, 3.8) is 0 Å². The molecule has 0 unspecified atom stereocenters. The van der Waals surface area contributed by atoms with Crippen LogP contribution in [0.2, 0.25) is 0 Å². The number of nitrogens with zero attached hydrogens (tertiary/aromatic N) is 3. The lowest BCUT2D eigenvalue weighted by molar-refractivity contribution is -0.140. The fourth-order valence-corrected chi connectivity index (χ4v) is 5.59. The summed E-state index contributed by atoms with van der Waals surface area (Å²) >= 11 is 1.35. The zero-order valence-corrected chi connectivity index (χ0v) is 23.0. The summed E-state index contributed by atoms with van der Waals surface area (Å²) in [6.45, 7) is 1.42. The normalized spacial score (nSPS) is 14.4. The molecule has 0 aliphatic carbocycles. The highest BCUT2D eigenvalue weighted by atomic mass is 32.1. The zero-order chi connectivity index (χ0) is 27.9. The first-order valence-corrected chi connectivity index (χ1v) is 14.1. The van der Waals surface area contributed by atoms with Crippen molar-refractivity contribution in [3.05, 3.63) is 83.9 Å². The first-order valence-electron chi connectivity index (χ1n) is 13.3. The van der Waals surface area contributed by atoms with Crippen molar-refractivity contribution >= 4 is 28.3 Å². The van der Waals surface area contributed by atoms with Crippen molar-refractivity contribution in [1.82, 2.24) is 9.97 Å². The van der Waals surface area contributed by atoms with Crippen LogP contribution in [-0.4, -0.2) is 53.3 Å². The van der Waals surface area contributed by atoms with Gasteiger partial charge >= 0.3 is 5.97 Å². The van der Waals surface area contributed by atoms with Gasteiger partial charge in [-0.1, -0.05) is 54.6 Å². The summed E-state index contributed by atoms with van der Waals surface area (Å²) in [7, 11) is 1.65. The van der Waals surface area contributed by atoms with Crippen LogP contribution in [0.5, 0.6) is 5.88 Å². The Hall–Kier alpha value is -4.08. The molecule has 1 aliphatic heterocycles. The molecule has 0 spiro atoms. The summed E-state index contributed by atoms with van der Waals surface area (Å²) in [5.41, 5.74) is 4.46. The third-order valence-corrected chi connectivity index (χ3v) is 7.83. The second-order valence-corrected chi connectivity index (χ2v) is 10.6. The van der Waals surface area contributed by atoms with E-state index < -0.39 is 11.9 Å². The van der Waals surface area contributed by atoms with Crippen molar-refractivity contribution in [3.8, 4) is 28.3 Å². The predicted octanol–water partition coefficient (Wildman–Crippen LogP) is 5.73. The molecule has 40 heavy (non-hydrogen) atoms. The molecule has 2 aromatic carbocycles. The van der Waals surface area contributed by atoms with Crippen molar-refractivity contribution in [2.75, 3.05) is 25.2 Å². The summed E-state index contributed by atoms with van der Waals surface area (Å²) in [5.74, 6) is -1.38. The highest BCUT2D eigenvalue weighted by molar-refractivity contribution is 7.14. The first-order chi connectivity index (χ1) is 19.5. The number of benzene rings is 2. The Morgan fingerprint density at radius 1 is 1.05 bits per heavy atom. The number of amides is 1. The molecular weight excluding hydrogens is 526 g/mol.